The Morgan fingerprint density at radius 1 is 0.935 bits per heavy atom. The quantitative estimate of drug-likeness (QED) is 0.637. The Balaban J connectivity index is 1.21. The summed E-state index contributed by atoms with van der Waals surface area (Å²) in [7, 11) is 0. The summed E-state index contributed by atoms with van der Waals surface area (Å²) in [5, 5.41) is 5.71. The van der Waals surface area contributed by atoms with Crippen LogP contribution in [0, 0.1) is 0 Å². The molecule has 0 spiro atoms. The van der Waals surface area contributed by atoms with Crippen LogP contribution in [-0.4, -0.2) is 39.7 Å². The lowest BCUT2D eigenvalue weighted by Crippen LogP contribution is -2.44. The maximum Gasteiger partial charge on any atom is 0.252 e. The van der Waals surface area contributed by atoms with Gasteiger partial charge in [-0.25, -0.2) is 0 Å². The van der Waals surface area contributed by atoms with Crippen molar-refractivity contribution in [1.29, 1.82) is 0 Å². The molecule has 31 heavy (non-hydrogen) atoms. The van der Waals surface area contributed by atoms with Crippen molar-refractivity contribution < 1.29 is 0 Å². The molecule has 1 fully saturated rings. The molecule has 1 saturated heterocycles. The van der Waals surface area contributed by atoms with Gasteiger partial charge in [0.05, 0.1) is 16.1 Å². The third kappa shape index (κ3) is 4.05. The molecule has 1 aromatic carbocycles. The first-order valence-electron chi connectivity index (χ1n) is 10.6. The average Bonchev–Trinajstić information content (AvgIpc) is 3.15. The fourth-order valence-corrected chi connectivity index (χ4v) is 5.14. The summed E-state index contributed by atoms with van der Waals surface area (Å²) in [6, 6.07) is 13.0. The molecule has 3 aromatic rings. The number of hydrogen-bond acceptors (Lipinski definition) is 4. The van der Waals surface area contributed by atoms with Gasteiger partial charge in [0.25, 0.3) is 11.1 Å². The van der Waals surface area contributed by atoms with E-state index in [-0.39, 0.29) is 17.2 Å². The number of halogens is 2. The fraction of sp³-hybridized carbons (Fsp3) is 0.391. The van der Waals surface area contributed by atoms with Gasteiger partial charge in [0.1, 0.15) is 5.65 Å². The second-order valence-electron chi connectivity index (χ2n) is 8.46. The van der Waals surface area contributed by atoms with E-state index in [1.807, 2.05) is 22.8 Å². The van der Waals surface area contributed by atoms with Crippen LogP contribution in [0.3, 0.4) is 0 Å². The van der Waals surface area contributed by atoms with Crippen molar-refractivity contribution in [2.75, 3.05) is 19.6 Å². The Morgan fingerprint density at radius 3 is 2.42 bits per heavy atom. The lowest BCUT2D eigenvalue weighted by atomic mass is 10.0. The highest BCUT2D eigenvalue weighted by Gasteiger charge is 2.29. The summed E-state index contributed by atoms with van der Waals surface area (Å²) in [5.74, 6) is 0. The zero-order valence-electron chi connectivity index (χ0n) is 17.1. The van der Waals surface area contributed by atoms with Crippen LogP contribution in [0.4, 0.5) is 0 Å². The summed E-state index contributed by atoms with van der Waals surface area (Å²) in [6.07, 6.45) is 2.08. The van der Waals surface area contributed by atoms with E-state index >= 15 is 0 Å². The van der Waals surface area contributed by atoms with Gasteiger partial charge in [-0.1, -0.05) is 29.3 Å². The van der Waals surface area contributed by atoms with Crippen LogP contribution in [0.2, 0.25) is 10.0 Å². The first kappa shape index (κ1) is 20.8. The van der Waals surface area contributed by atoms with E-state index in [4.69, 9.17) is 23.2 Å². The van der Waals surface area contributed by atoms with Crippen LogP contribution >= 0.6 is 23.2 Å². The number of aromatic nitrogens is 2. The molecule has 5 rings (SSSR count). The van der Waals surface area contributed by atoms with Crippen molar-refractivity contribution in [2.45, 2.75) is 38.0 Å². The van der Waals surface area contributed by atoms with Crippen molar-refractivity contribution in [3.63, 3.8) is 0 Å². The summed E-state index contributed by atoms with van der Waals surface area (Å²) in [5.41, 5.74) is 1.80. The molecule has 162 valence electrons. The molecule has 6 nitrogen and oxygen atoms in total. The second kappa shape index (κ2) is 8.43. The molecule has 4 heterocycles. The molecule has 0 bridgehead atoms. The highest BCUT2D eigenvalue weighted by Crippen LogP contribution is 2.25. The predicted octanol–water partition coefficient (Wildman–Crippen LogP) is 3.28. The van der Waals surface area contributed by atoms with E-state index < -0.39 is 0 Å². The summed E-state index contributed by atoms with van der Waals surface area (Å²) in [4.78, 5) is 27.3. The number of hydrogen-bond donors (Lipinski definition) is 1. The van der Waals surface area contributed by atoms with E-state index in [1.165, 1.54) is 0 Å². The lowest BCUT2D eigenvalue weighted by molar-refractivity contribution is 0.171. The van der Waals surface area contributed by atoms with Gasteiger partial charge < -0.3 is 10.2 Å². The van der Waals surface area contributed by atoms with Gasteiger partial charge >= 0.3 is 0 Å². The number of nitrogens with zero attached hydrogens (tertiary/aromatic N) is 3. The van der Waals surface area contributed by atoms with Crippen molar-refractivity contribution in [1.82, 2.24) is 19.4 Å². The largest absolute Gasteiger partial charge is 0.310 e. The van der Waals surface area contributed by atoms with Crippen LogP contribution in [0.25, 0.3) is 11.0 Å². The van der Waals surface area contributed by atoms with Gasteiger partial charge in [-0.15, -0.1) is 0 Å². The molecule has 2 aliphatic rings. The van der Waals surface area contributed by atoms with Crippen molar-refractivity contribution in [3.8, 4) is 0 Å². The monoisotopic (exact) mass is 458 g/mol. The SMILES string of the molecule is O=c1ccc2ccc(=O)n3c2n1C[C@H]3CN1CCC(NCc2ccc(Cl)c(Cl)c2)CC1. The van der Waals surface area contributed by atoms with Gasteiger partial charge in [-0.05, 0) is 55.8 Å². The van der Waals surface area contributed by atoms with Gasteiger partial charge in [0, 0.05) is 43.2 Å². The van der Waals surface area contributed by atoms with Gasteiger partial charge in [-0.2, -0.15) is 0 Å². The number of benzene rings is 1. The number of pyridine rings is 2. The molecule has 0 amide bonds. The predicted molar refractivity (Wildman–Crippen MR) is 124 cm³/mol. The van der Waals surface area contributed by atoms with E-state index in [9.17, 15) is 9.59 Å². The molecule has 2 aromatic heterocycles. The second-order valence-corrected chi connectivity index (χ2v) is 9.28. The summed E-state index contributed by atoms with van der Waals surface area (Å²) >= 11 is 12.1. The Labute approximate surface area is 190 Å². The Morgan fingerprint density at radius 2 is 1.68 bits per heavy atom. The van der Waals surface area contributed by atoms with Crippen LogP contribution in [-0.2, 0) is 13.1 Å². The number of rotatable bonds is 5. The molecule has 0 radical (unpaired) electrons. The molecule has 2 aliphatic heterocycles. The first-order chi connectivity index (χ1) is 15.0. The fourth-order valence-electron chi connectivity index (χ4n) is 4.82. The van der Waals surface area contributed by atoms with Crippen molar-refractivity contribution in [3.05, 3.63) is 78.8 Å². The third-order valence-electron chi connectivity index (χ3n) is 6.45. The minimum Gasteiger partial charge on any atom is -0.310 e. The lowest BCUT2D eigenvalue weighted by Gasteiger charge is -2.34. The van der Waals surface area contributed by atoms with E-state index in [2.05, 4.69) is 10.2 Å². The van der Waals surface area contributed by atoms with Crippen LogP contribution in [0.15, 0.2) is 52.1 Å². The summed E-state index contributed by atoms with van der Waals surface area (Å²) < 4.78 is 3.55. The maximum absolute atomic E-state index is 12.6. The zero-order chi connectivity index (χ0) is 21.5. The van der Waals surface area contributed by atoms with E-state index in [1.54, 1.807) is 28.8 Å². The number of likely N-dealkylation sites (tertiary alicyclic amines) is 1. The molecule has 1 N–H and O–H groups in total. The minimum atomic E-state index is -0.0421. The Kier molecular flexibility index (Phi) is 5.65. The molecular formula is C23H24Cl2N4O2. The van der Waals surface area contributed by atoms with Gasteiger partial charge in [-0.3, -0.25) is 18.7 Å². The number of piperidine rings is 1. The number of nitrogens with one attached hydrogen (secondary N) is 1. The topological polar surface area (TPSA) is 59.3 Å². The summed E-state index contributed by atoms with van der Waals surface area (Å²) in [6.45, 7) is 4.03. The molecule has 1 atom stereocenters. The Hall–Kier alpha value is -2.12. The van der Waals surface area contributed by atoms with Gasteiger partial charge in [0.15, 0.2) is 0 Å². The van der Waals surface area contributed by atoms with E-state index in [0.29, 0.717) is 22.6 Å². The van der Waals surface area contributed by atoms with Crippen molar-refractivity contribution >= 4 is 34.2 Å². The smallest absolute Gasteiger partial charge is 0.252 e. The maximum atomic E-state index is 12.6. The van der Waals surface area contributed by atoms with Gasteiger partial charge in [0.2, 0.25) is 0 Å². The molecule has 0 aliphatic carbocycles. The van der Waals surface area contributed by atoms with Crippen LogP contribution < -0.4 is 16.4 Å². The highest BCUT2D eigenvalue weighted by molar-refractivity contribution is 6.42. The minimum absolute atomic E-state index is 0.00739. The molecule has 0 saturated carbocycles. The standard InChI is InChI=1S/C23H24Cl2N4O2/c24-19-4-1-15(11-20(19)25)12-26-17-7-9-27(10-8-17)13-18-14-28-21(30)5-2-16-3-6-22(31)29(18)23(16)28/h1-6,11,17-18,26H,7-10,12-14H2/t18-/m1/s1. The molecular weight excluding hydrogens is 435 g/mol. The third-order valence-corrected chi connectivity index (χ3v) is 7.19. The van der Waals surface area contributed by atoms with E-state index in [0.717, 1.165) is 55.6 Å². The molecule has 0 unspecified atom stereocenters. The first-order valence-corrected chi connectivity index (χ1v) is 11.4. The van der Waals surface area contributed by atoms with Crippen molar-refractivity contribution in [2.24, 2.45) is 0 Å². The highest BCUT2D eigenvalue weighted by atomic mass is 35.5. The van der Waals surface area contributed by atoms with Crippen LogP contribution in [0.1, 0.15) is 24.4 Å². The van der Waals surface area contributed by atoms with Crippen LogP contribution in [0.5, 0.6) is 0 Å². The normalized spacial score (nSPS) is 19.4. The molecule has 8 heteroatoms. The zero-order valence-corrected chi connectivity index (χ0v) is 18.6. The average molecular weight is 459 g/mol. The Bertz CT molecular complexity index is 1240.